The van der Waals surface area contributed by atoms with Crippen molar-refractivity contribution in [1.29, 1.82) is 0 Å². The molecule has 1 aliphatic rings. The molecule has 0 saturated heterocycles. The van der Waals surface area contributed by atoms with Gasteiger partial charge in [-0.05, 0) is 50.8 Å². The summed E-state index contributed by atoms with van der Waals surface area (Å²) in [5.41, 5.74) is 1.67. The van der Waals surface area contributed by atoms with Crippen LogP contribution in [0.15, 0.2) is 41.4 Å². The molecule has 0 radical (unpaired) electrons. The van der Waals surface area contributed by atoms with E-state index in [4.69, 9.17) is 4.42 Å². The molecule has 1 fully saturated rings. The predicted octanol–water partition coefficient (Wildman–Crippen LogP) is 3.25. The van der Waals surface area contributed by atoms with Gasteiger partial charge in [0.2, 0.25) is 5.76 Å². The summed E-state index contributed by atoms with van der Waals surface area (Å²) in [5.74, 6) is 0.152. The van der Waals surface area contributed by atoms with Crippen molar-refractivity contribution in [3.63, 3.8) is 0 Å². The van der Waals surface area contributed by atoms with Crippen LogP contribution in [-0.2, 0) is 0 Å². The van der Waals surface area contributed by atoms with E-state index < -0.39 is 0 Å². The molecule has 6 heteroatoms. The molecule has 1 amide bonds. The number of aromatic nitrogens is 3. The molecule has 0 aliphatic heterocycles. The van der Waals surface area contributed by atoms with Crippen LogP contribution in [0.3, 0.4) is 0 Å². The maximum Gasteiger partial charge on any atom is 0.289 e. The van der Waals surface area contributed by atoms with Crippen LogP contribution in [0.4, 0.5) is 0 Å². The summed E-state index contributed by atoms with van der Waals surface area (Å²) in [6.45, 7) is 1.78. The van der Waals surface area contributed by atoms with Crippen LogP contribution in [0.2, 0.25) is 0 Å². The van der Waals surface area contributed by atoms with Gasteiger partial charge >= 0.3 is 0 Å². The van der Waals surface area contributed by atoms with E-state index in [-0.39, 0.29) is 11.9 Å². The molecule has 1 aliphatic carbocycles. The maximum absolute atomic E-state index is 12.2. The molecule has 0 spiro atoms. The SMILES string of the molecule is Cc1ncoc1C(=O)NC1CCC(n2ccc3cccnc32)CC1. The van der Waals surface area contributed by atoms with Gasteiger partial charge in [0.05, 0.1) is 5.69 Å². The first-order valence-electron chi connectivity index (χ1n) is 8.35. The van der Waals surface area contributed by atoms with Crippen molar-refractivity contribution < 1.29 is 9.21 Å². The number of fused-ring (bicyclic) bond motifs is 1. The van der Waals surface area contributed by atoms with Gasteiger partial charge in [0.1, 0.15) is 5.65 Å². The Labute approximate surface area is 139 Å². The average molecular weight is 324 g/mol. The van der Waals surface area contributed by atoms with Gasteiger partial charge in [0, 0.05) is 29.9 Å². The molecule has 124 valence electrons. The standard InChI is InChI=1S/C18H20N4O2/c1-12-16(24-11-20-12)18(23)21-14-4-6-15(7-5-14)22-10-8-13-3-2-9-19-17(13)22/h2-3,8-11,14-15H,4-7H2,1H3,(H,21,23). The zero-order chi connectivity index (χ0) is 16.5. The molecule has 3 aromatic heterocycles. The summed E-state index contributed by atoms with van der Waals surface area (Å²) in [6, 6.07) is 6.79. The van der Waals surface area contributed by atoms with Crippen LogP contribution < -0.4 is 5.32 Å². The molecule has 3 heterocycles. The molecule has 1 saturated carbocycles. The number of aryl methyl sites for hydroxylation is 1. The van der Waals surface area contributed by atoms with E-state index in [2.05, 4.69) is 38.2 Å². The zero-order valence-corrected chi connectivity index (χ0v) is 13.6. The number of oxazole rings is 1. The van der Waals surface area contributed by atoms with Crippen LogP contribution in [0.25, 0.3) is 11.0 Å². The first-order valence-corrected chi connectivity index (χ1v) is 8.35. The number of nitrogens with one attached hydrogen (secondary N) is 1. The second-order valence-electron chi connectivity index (χ2n) is 6.39. The van der Waals surface area contributed by atoms with Crippen molar-refractivity contribution in [2.45, 2.75) is 44.7 Å². The maximum atomic E-state index is 12.2. The zero-order valence-electron chi connectivity index (χ0n) is 13.6. The van der Waals surface area contributed by atoms with Crippen molar-refractivity contribution in [3.05, 3.63) is 48.4 Å². The van der Waals surface area contributed by atoms with Gasteiger partial charge in [-0.3, -0.25) is 4.79 Å². The molecule has 1 N–H and O–H groups in total. The Balaban J connectivity index is 1.40. The monoisotopic (exact) mass is 324 g/mol. The Kier molecular flexibility index (Phi) is 3.80. The minimum absolute atomic E-state index is 0.165. The number of rotatable bonds is 3. The van der Waals surface area contributed by atoms with Gasteiger partial charge in [0.15, 0.2) is 6.39 Å². The molecule has 3 aromatic rings. The Bertz CT molecular complexity index is 859. The number of carbonyl (C=O) groups excluding carboxylic acids is 1. The lowest BCUT2D eigenvalue weighted by Crippen LogP contribution is -2.38. The van der Waals surface area contributed by atoms with Crippen molar-refractivity contribution in [2.24, 2.45) is 0 Å². The van der Waals surface area contributed by atoms with Gasteiger partial charge in [0.25, 0.3) is 5.91 Å². The average Bonchev–Trinajstić information content (AvgIpc) is 3.22. The quantitative estimate of drug-likeness (QED) is 0.802. The van der Waals surface area contributed by atoms with Gasteiger partial charge in [-0.1, -0.05) is 0 Å². The molecular formula is C18H20N4O2. The van der Waals surface area contributed by atoms with Crippen LogP contribution in [0.5, 0.6) is 0 Å². The first kappa shape index (κ1) is 14.9. The Morgan fingerprint density at radius 3 is 2.83 bits per heavy atom. The first-order chi connectivity index (χ1) is 11.7. The topological polar surface area (TPSA) is 73.0 Å². The lowest BCUT2D eigenvalue weighted by Gasteiger charge is -2.30. The smallest absolute Gasteiger partial charge is 0.289 e. The Morgan fingerprint density at radius 2 is 2.08 bits per heavy atom. The summed E-state index contributed by atoms with van der Waals surface area (Å²) in [6.07, 6.45) is 9.24. The highest BCUT2D eigenvalue weighted by Gasteiger charge is 2.26. The van der Waals surface area contributed by atoms with Crippen molar-refractivity contribution >= 4 is 16.9 Å². The van der Waals surface area contributed by atoms with Crippen molar-refractivity contribution in [3.8, 4) is 0 Å². The summed E-state index contributed by atoms with van der Waals surface area (Å²) in [7, 11) is 0. The normalized spacial score (nSPS) is 21.0. The second-order valence-corrected chi connectivity index (χ2v) is 6.39. The van der Waals surface area contributed by atoms with E-state index in [1.807, 2.05) is 12.3 Å². The number of pyridine rings is 1. The van der Waals surface area contributed by atoms with Crippen molar-refractivity contribution in [2.75, 3.05) is 0 Å². The number of hydrogen-bond donors (Lipinski definition) is 1. The number of carbonyl (C=O) groups is 1. The third-order valence-electron chi connectivity index (χ3n) is 4.85. The minimum atomic E-state index is -0.165. The minimum Gasteiger partial charge on any atom is -0.438 e. The molecule has 6 nitrogen and oxygen atoms in total. The lowest BCUT2D eigenvalue weighted by molar-refractivity contribution is 0.0893. The molecule has 0 bridgehead atoms. The molecule has 4 rings (SSSR count). The van der Waals surface area contributed by atoms with Gasteiger partial charge < -0.3 is 14.3 Å². The Hall–Kier alpha value is -2.63. The van der Waals surface area contributed by atoms with Gasteiger partial charge in [-0.15, -0.1) is 0 Å². The largest absolute Gasteiger partial charge is 0.438 e. The summed E-state index contributed by atoms with van der Waals surface area (Å²) in [5, 5.41) is 4.24. The third kappa shape index (κ3) is 2.68. The number of amides is 1. The molecule has 0 atom stereocenters. The predicted molar refractivity (Wildman–Crippen MR) is 89.7 cm³/mol. The van der Waals surface area contributed by atoms with Crippen LogP contribution in [0.1, 0.15) is 48.0 Å². The van der Waals surface area contributed by atoms with E-state index in [9.17, 15) is 4.79 Å². The second kappa shape index (κ2) is 6.11. The highest BCUT2D eigenvalue weighted by atomic mass is 16.3. The van der Waals surface area contributed by atoms with Gasteiger partial charge in [-0.2, -0.15) is 0 Å². The van der Waals surface area contributed by atoms with Crippen LogP contribution in [0, 0.1) is 6.92 Å². The summed E-state index contributed by atoms with van der Waals surface area (Å²) >= 11 is 0. The fourth-order valence-electron chi connectivity index (χ4n) is 3.55. The van der Waals surface area contributed by atoms with Gasteiger partial charge in [-0.25, -0.2) is 9.97 Å². The van der Waals surface area contributed by atoms with Crippen LogP contribution in [-0.4, -0.2) is 26.5 Å². The fourth-order valence-corrected chi connectivity index (χ4v) is 3.55. The lowest BCUT2D eigenvalue weighted by atomic mass is 9.91. The van der Waals surface area contributed by atoms with E-state index >= 15 is 0 Å². The van der Waals surface area contributed by atoms with E-state index in [0.29, 0.717) is 17.5 Å². The van der Waals surface area contributed by atoms with Crippen LogP contribution >= 0.6 is 0 Å². The molecule has 24 heavy (non-hydrogen) atoms. The van der Waals surface area contributed by atoms with Crippen molar-refractivity contribution in [1.82, 2.24) is 19.9 Å². The Morgan fingerprint density at radius 1 is 1.25 bits per heavy atom. The number of nitrogens with zero attached hydrogens (tertiary/aromatic N) is 3. The highest BCUT2D eigenvalue weighted by molar-refractivity contribution is 5.92. The molecule has 0 unspecified atom stereocenters. The molecular weight excluding hydrogens is 304 g/mol. The van der Waals surface area contributed by atoms with E-state index in [1.54, 1.807) is 6.92 Å². The summed E-state index contributed by atoms with van der Waals surface area (Å²) < 4.78 is 7.43. The van der Waals surface area contributed by atoms with E-state index in [0.717, 1.165) is 31.3 Å². The van der Waals surface area contributed by atoms with E-state index in [1.165, 1.54) is 11.8 Å². The number of hydrogen-bond acceptors (Lipinski definition) is 4. The summed E-state index contributed by atoms with van der Waals surface area (Å²) in [4.78, 5) is 20.7. The highest BCUT2D eigenvalue weighted by Crippen LogP contribution is 2.31. The fraction of sp³-hybridized carbons (Fsp3) is 0.389. The molecule has 0 aromatic carbocycles. The third-order valence-corrected chi connectivity index (χ3v) is 4.85.